The van der Waals surface area contributed by atoms with Crippen LogP contribution >= 0.6 is 45.9 Å². The molecule has 0 saturated carbocycles. The van der Waals surface area contributed by atoms with Crippen molar-refractivity contribution in [2.75, 3.05) is 0 Å². The lowest BCUT2D eigenvalue weighted by Gasteiger charge is -2.18. The molecule has 2 aromatic heterocycles. The summed E-state index contributed by atoms with van der Waals surface area (Å²) in [5.74, 6) is 0. The topological polar surface area (TPSA) is 12.0 Å². The van der Waals surface area contributed by atoms with E-state index in [-0.39, 0.29) is 6.04 Å². The zero-order valence-corrected chi connectivity index (χ0v) is 12.7. The molecule has 0 spiro atoms. The van der Waals surface area contributed by atoms with Gasteiger partial charge in [0.2, 0.25) is 0 Å². The van der Waals surface area contributed by atoms with Gasteiger partial charge in [0.05, 0.1) is 8.67 Å². The summed E-state index contributed by atoms with van der Waals surface area (Å²) in [5, 5.41) is 5.62. The lowest BCUT2D eigenvalue weighted by molar-refractivity contribution is 0.501. The zero-order valence-electron chi connectivity index (χ0n) is 9.54. The predicted octanol–water partition coefficient (Wildman–Crippen LogP) is 5.53. The second-order valence-corrected chi connectivity index (χ2v) is 7.17. The molecule has 92 valence electrons. The third-order valence-electron chi connectivity index (χ3n) is 2.62. The first kappa shape index (κ1) is 13.4. The van der Waals surface area contributed by atoms with E-state index in [0.29, 0.717) is 6.04 Å². The molecule has 2 aromatic rings. The quantitative estimate of drug-likeness (QED) is 0.783. The molecular weight excluding hydrogens is 293 g/mol. The molecule has 0 aliphatic carbocycles. The molecule has 1 N–H and O–H groups in total. The van der Waals surface area contributed by atoms with Gasteiger partial charge in [-0.1, -0.05) is 29.3 Å². The highest BCUT2D eigenvalue weighted by atomic mass is 35.5. The Balaban J connectivity index is 2.06. The minimum absolute atomic E-state index is 0.198. The molecule has 0 amide bonds. The molecular formula is C12H13Cl2NS2. The molecule has 17 heavy (non-hydrogen) atoms. The fourth-order valence-electron chi connectivity index (χ4n) is 1.73. The summed E-state index contributed by atoms with van der Waals surface area (Å²) in [6.45, 7) is 4.26. The highest BCUT2D eigenvalue weighted by Crippen LogP contribution is 2.35. The van der Waals surface area contributed by atoms with Crippen molar-refractivity contribution in [1.29, 1.82) is 0 Å². The Morgan fingerprint density at radius 2 is 2.00 bits per heavy atom. The van der Waals surface area contributed by atoms with Gasteiger partial charge in [0, 0.05) is 17.0 Å². The van der Waals surface area contributed by atoms with E-state index in [0.717, 1.165) is 14.2 Å². The van der Waals surface area contributed by atoms with Crippen molar-refractivity contribution in [2.24, 2.45) is 0 Å². The highest BCUT2D eigenvalue weighted by Gasteiger charge is 2.16. The number of hydrogen-bond acceptors (Lipinski definition) is 3. The SMILES string of the molecule is CC(NC(C)c1cc(Cl)sc1Cl)c1cccs1. The van der Waals surface area contributed by atoms with Gasteiger partial charge in [0.25, 0.3) is 0 Å². The Kier molecular flexibility index (Phi) is 4.50. The Labute approximate surface area is 119 Å². The van der Waals surface area contributed by atoms with Crippen molar-refractivity contribution in [3.63, 3.8) is 0 Å². The van der Waals surface area contributed by atoms with Crippen molar-refractivity contribution in [3.05, 3.63) is 42.7 Å². The fraction of sp³-hybridized carbons (Fsp3) is 0.333. The van der Waals surface area contributed by atoms with E-state index in [1.165, 1.54) is 16.2 Å². The third kappa shape index (κ3) is 3.24. The first-order valence-corrected chi connectivity index (χ1v) is 7.77. The Morgan fingerprint density at radius 3 is 2.53 bits per heavy atom. The van der Waals surface area contributed by atoms with Crippen molar-refractivity contribution in [2.45, 2.75) is 25.9 Å². The van der Waals surface area contributed by atoms with Crippen molar-refractivity contribution in [3.8, 4) is 0 Å². The maximum atomic E-state index is 6.14. The van der Waals surface area contributed by atoms with Gasteiger partial charge in [-0.15, -0.1) is 22.7 Å². The summed E-state index contributed by atoms with van der Waals surface area (Å²) in [6, 6.07) is 6.66. The van der Waals surface area contributed by atoms with E-state index in [1.807, 2.05) is 6.07 Å². The largest absolute Gasteiger partial charge is 0.303 e. The average molecular weight is 306 g/mol. The van der Waals surface area contributed by atoms with Crippen LogP contribution in [0.3, 0.4) is 0 Å². The van der Waals surface area contributed by atoms with Gasteiger partial charge in [0.1, 0.15) is 0 Å². The van der Waals surface area contributed by atoms with Gasteiger partial charge < -0.3 is 5.32 Å². The number of hydrogen-bond donors (Lipinski definition) is 1. The zero-order chi connectivity index (χ0) is 12.4. The molecule has 2 heterocycles. The van der Waals surface area contributed by atoms with Crippen LogP contribution in [0.15, 0.2) is 23.6 Å². The van der Waals surface area contributed by atoms with Gasteiger partial charge in [-0.2, -0.15) is 0 Å². The van der Waals surface area contributed by atoms with Crippen LogP contribution < -0.4 is 5.32 Å². The van der Waals surface area contributed by atoms with Crippen molar-refractivity contribution >= 4 is 45.9 Å². The minimum Gasteiger partial charge on any atom is -0.303 e. The summed E-state index contributed by atoms with van der Waals surface area (Å²) in [5.41, 5.74) is 1.07. The molecule has 0 saturated heterocycles. The van der Waals surface area contributed by atoms with Crippen LogP contribution in [-0.4, -0.2) is 0 Å². The molecule has 0 aromatic carbocycles. The fourth-order valence-corrected chi connectivity index (χ4v) is 4.12. The maximum absolute atomic E-state index is 6.14. The van der Waals surface area contributed by atoms with Gasteiger partial charge in [-0.25, -0.2) is 0 Å². The minimum atomic E-state index is 0.198. The van der Waals surface area contributed by atoms with Crippen LogP contribution in [0.4, 0.5) is 0 Å². The van der Waals surface area contributed by atoms with Crippen LogP contribution in [0.5, 0.6) is 0 Å². The summed E-state index contributed by atoms with van der Waals surface area (Å²) in [4.78, 5) is 1.33. The summed E-state index contributed by atoms with van der Waals surface area (Å²) in [7, 11) is 0. The summed E-state index contributed by atoms with van der Waals surface area (Å²) < 4.78 is 1.51. The van der Waals surface area contributed by atoms with Crippen LogP contribution in [0.1, 0.15) is 36.4 Å². The Morgan fingerprint density at radius 1 is 1.24 bits per heavy atom. The third-order valence-corrected chi connectivity index (χ3v) is 5.19. The standard InChI is InChI=1S/C12H13Cl2NS2/c1-7(9-6-11(13)17-12(9)14)15-8(2)10-4-3-5-16-10/h3-8,15H,1-2H3. The molecule has 0 bridgehead atoms. The Hall–Kier alpha value is -0.0600. The molecule has 0 fully saturated rings. The average Bonchev–Trinajstić information content (AvgIpc) is 2.87. The van der Waals surface area contributed by atoms with E-state index in [1.54, 1.807) is 11.3 Å². The smallest absolute Gasteiger partial charge is 0.0991 e. The molecule has 2 rings (SSSR count). The van der Waals surface area contributed by atoms with Crippen molar-refractivity contribution in [1.82, 2.24) is 5.32 Å². The van der Waals surface area contributed by atoms with Gasteiger partial charge >= 0.3 is 0 Å². The van der Waals surface area contributed by atoms with E-state index in [2.05, 4.69) is 36.7 Å². The van der Waals surface area contributed by atoms with Crippen molar-refractivity contribution < 1.29 is 0 Å². The predicted molar refractivity (Wildman–Crippen MR) is 78.6 cm³/mol. The highest BCUT2D eigenvalue weighted by molar-refractivity contribution is 7.20. The second kappa shape index (κ2) is 5.72. The van der Waals surface area contributed by atoms with E-state index in [4.69, 9.17) is 23.2 Å². The monoisotopic (exact) mass is 305 g/mol. The number of nitrogens with one attached hydrogen (secondary N) is 1. The molecule has 0 aliphatic heterocycles. The van der Waals surface area contributed by atoms with Crippen LogP contribution in [-0.2, 0) is 0 Å². The van der Waals surface area contributed by atoms with Gasteiger partial charge in [0.15, 0.2) is 0 Å². The summed E-state index contributed by atoms with van der Waals surface area (Å²) in [6.07, 6.45) is 0. The number of thiophene rings is 2. The van der Waals surface area contributed by atoms with E-state index < -0.39 is 0 Å². The lowest BCUT2D eigenvalue weighted by Crippen LogP contribution is -2.21. The first-order valence-electron chi connectivity index (χ1n) is 5.32. The molecule has 2 atom stereocenters. The normalized spacial score (nSPS) is 14.8. The van der Waals surface area contributed by atoms with Crippen LogP contribution in [0, 0.1) is 0 Å². The molecule has 2 unspecified atom stereocenters. The number of rotatable bonds is 4. The Bertz CT molecular complexity index is 479. The maximum Gasteiger partial charge on any atom is 0.0991 e. The number of halogens is 2. The van der Waals surface area contributed by atoms with Gasteiger partial charge in [-0.05, 0) is 36.9 Å². The van der Waals surface area contributed by atoms with Crippen LogP contribution in [0.2, 0.25) is 8.67 Å². The van der Waals surface area contributed by atoms with Gasteiger partial charge in [-0.3, -0.25) is 0 Å². The molecule has 0 radical (unpaired) electrons. The lowest BCUT2D eigenvalue weighted by atomic mass is 10.1. The second-order valence-electron chi connectivity index (χ2n) is 3.91. The molecule has 1 nitrogen and oxygen atoms in total. The van der Waals surface area contributed by atoms with E-state index in [9.17, 15) is 0 Å². The molecule has 5 heteroatoms. The summed E-state index contributed by atoms with van der Waals surface area (Å²) >= 11 is 15.3. The van der Waals surface area contributed by atoms with E-state index >= 15 is 0 Å². The van der Waals surface area contributed by atoms with Crippen LogP contribution in [0.25, 0.3) is 0 Å². The molecule has 0 aliphatic rings. The first-order chi connectivity index (χ1) is 8.08.